The quantitative estimate of drug-likeness (QED) is 0.919. The molecule has 5 nitrogen and oxygen atoms in total. The largest absolute Gasteiger partial charge is 0.384 e. The molecule has 1 saturated carbocycles. The predicted molar refractivity (Wildman–Crippen MR) is 83.8 cm³/mol. The molecule has 0 spiro atoms. The van der Waals surface area contributed by atoms with E-state index in [4.69, 9.17) is 5.73 Å². The summed E-state index contributed by atoms with van der Waals surface area (Å²) in [6.45, 7) is 0.903. The Hall–Kier alpha value is -2.57. The van der Waals surface area contributed by atoms with Gasteiger partial charge in [0.25, 0.3) is 0 Å². The predicted octanol–water partition coefficient (Wildman–Crippen LogP) is 2.61. The molecule has 1 fully saturated rings. The van der Waals surface area contributed by atoms with E-state index in [2.05, 4.69) is 9.97 Å². The van der Waals surface area contributed by atoms with Gasteiger partial charge in [-0.2, -0.15) is 0 Å². The summed E-state index contributed by atoms with van der Waals surface area (Å²) < 4.78 is 26.0. The van der Waals surface area contributed by atoms with Gasteiger partial charge in [0.1, 0.15) is 5.82 Å². The van der Waals surface area contributed by atoms with Crippen LogP contribution >= 0.6 is 0 Å². The normalized spacial score (nSPS) is 19.0. The molecule has 24 heavy (non-hydrogen) atoms. The van der Waals surface area contributed by atoms with Crippen LogP contribution < -0.4 is 5.73 Å². The van der Waals surface area contributed by atoms with Gasteiger partial charge < -0.3 is 10.6 Å². The molecule has 2 N–H and O–H groups in total. The molecule has 1 amide bonds. The average molecular weight is 330 g/mol. The van der Waals surface area contributed by atoms with Crippen molar-refractivity contribution in [3.63, 3.8) is 0 Å². The number of carbonyl (C=O) groups excluding carboxylic acids is 1. The fourth-order valence-corrected chi connectivity index (χ4v) is 3.30. The number of alkyl halides is 2. The molecule has 7 heteroatoms. The van der Waals surface area contributed by atoms with Gasteiger partial charge in [0.05, 0.1) is 0 Å². The van der Waals surface area contributed by atoms with E-state index >= 15 is 0 Å². The Labute approximate surface area is 137 Å². The number of benzene rings is 1. The fraction of sp³-hybridized carbons (Fsp3) is 0.353. The van der Waals surface area contributed by atoms with Crippen LogP contribution in [0.15, 0.2) is 30.5 Å². The maximum atomic E-state index is 13.0. The second kappa shape index (κ2) is 5.22. The smallest absolute Gasteiger partial charge is 0.249 e. The molecule has 0 radical (unpaired) electrons. The van der Waals surface area contributed by atoms with Crippen molar-refractivity contribution < 1.29 is 13.6 Å². The standard InChI is InChI=1S/C17H16F2N4O/c18-17(19)6-13(7-17)16(24)23-8-11-2-1-10(5-12(11)9-23)15-21-4-3-14(20)22-15/h1-5,13H,6-9H2,(H2,20,21,22). The lowest BCUT2D eigenvalue weighted by molar-refractivity contribution is -0.160. The molecule has 1 aliphatic carbocycles. The van der Waals surface area contributed by atoms with E-state index in [0.29, 0.717) is 24.7 Å². The van der Waals surface area contributed by atoms with Gasteiger partial charge in [0.2, 0.25) is 11.8 Å². The first-order valence-corrected chi connectivity index (χ1v) is 7.79. The van der Waals surface area contributed by atoms with E-state index in [1.165, 1.54) is 0 Å². The summed E-state index contributed by atoms with van der Waals surface area (Å²) in [5.41, 5.74) is 8.53. The molecule has 4 rings (SSSR count). The van der Waals surface area contributed by atoms with Crippen molar-refractivity contribution in [2.75, 3.05) is 5.73 Å². The third-order valence-corrected chi connectivity index (χ3v) is 4.61. The van der Waals surface area contributed by atoms with Gasteiger partial charge in [-0.3, -0.25) is 4.79 Å². The molecule has 0 atom stereocenters. The van der Waals surface area contributed by atoms with Gasteiger partial charge in [-0.05, 0) is 23.3 Å². The van der Waals surface area contributed by atoms with Gasteiger partial charge in [0, 0.05) is 43.6 Å². The molecule has 1 aromatic heterocycles. The van der Waals surface area contributed by atoms with Crippen molar-refractivity contribution in [2.45, 2.75) is 31.9 Å². The lowest BCUT2D eigenvalue weighted by Crippen LogP contribution is -2.45. The Balaban J connectivity index is 1.52. The molecule has 0 saturated heterocycles. The van der Waals surface area contributed by atoms with E-state index in [9.17, 15) is 13.6 Å². The Kier molecular flexibility index (Phi) is 3.26. The van der Waals surface area contributed by atoms with E-state index in [-0.39, 0.29) is 18.7 Å². The first-order chi connectivity index (χ1) is 11.4. The molecule has 0 unspecified atom stereocenters. The summed E-state index contributed by atoms with van der Waals surface area (Å²) in [5.74, 6) is -2.49. The van der Waals surface area contributed by atoms with Gasteiger partial charge >= 0.3 is 0 Å². The molecule has 2 aromatic rings. The third-order valence-electron chi connectivity index (χ3n) is 4.61. The number of carbonyl (C=O) groups is 1. The third kappa shape index (κ3) is 2.60. The first kappa shape index (κ1) is 15.0. The van der Waals surface area contributed by atoms with Crippen LogP contribution in [-0.2, 0) is 17.9 Å². The summed E-state index contributed by atoms with van der Waals surface area (Å²) in [5, 5.41) is 0. The highest BCUT2D eigenvalue weighted by molar-refractivity contribution is 5.81. The van der Waals surface area contributed by atoms with Crippen LogP contribution in [-0.4, -0.2) is 26.7 Å². The molecule has 1 aliphatic heterocycles. The zero-order valence-corrected chi connectivity index (χ0v) is 12.9. The van der Waals surface area contributed by atoms with E-state index in [0.717, 1.165) is 16.7 Å². The number of nitrogens with zero attached hydrogens (tertiary/aromatic N) is 3. The van der Waals surface area contributed by atoms with Crippen LogP contribution in [0, 0.1) is 5.92 Å². The number of fused-ring (bicyclic) bond motifs is 1. The van der Waals surface area contributed by atoms with Gasteiger partial charge in [-0.25, -0.2) is 18.7 Å². The molecular weight excluding hydrogens is 314 g/mol. The SMILES string of the molecule is Nc1ccnc(-c2ccc3c(c2)CN(C(=O)C2CC(F)(F)C2)C3)n1. The molecule has 2 heterocycles. The highest BCUT2D eigenvalue weighted by Crippen LogP contribution is 2.44. The van der Waals surface area contributed by atoms with Crippen molar-refractivity contribution >= 4 is 11.7 Å². The average Bonchev–Trinajstić information content (AvgIpc) is 2.95. The maximum absolute atomic E-state index is 13.0. The number of hydrogen-bond donors (Lipinski definition) is 1. The van der Waals surface area contributed by atoms with Gasteiger partial charge in [0.15, 0.2) is 5.82 Å². The molecule has 1 aromatic carbocycles. The molecule has 2 aliphatic rings. The summed E-state index contributed by atoms with van der Waals surface area (Å²) in [6, 6.07) is 7.37. The Morgan fingerprint density at radius 3 is 2.67 bits per heavy atom. The van der Waals surface area contributed by atoms with E-state index in [1.54, 1.807) is 17.2 Å². The minimum atomic E-state index is -2.68. The van der Waals surface area contributed by atoms with Crippen LogP contribution in [0.5, 0.6) is 0 Å². The Morgan fingerprint density at radius 1 is 1.21 bits per heavy atom. The summed E-state index contributed by atoms with van der Waals surface area (Å²) >= 11 is 0. The second-order valence-corrected chi connectivity index (χ2v) is 6.44. The fourth-order valence-electron chi connectivity index (χ4n) is 3.30. The number of nitrogen functional groups attached to an aromatic ring is 1. The van der Waals surface area contributed by atoms with Crippen molar-refractivity contribution in [3.8, 4) is 11.4 Å². The van der Waals surface area contributed by atoms with Crippen LogP contribution in [0.1, 0.15) is 24.0 Å². The topological polar surface area (TPSA) is 72.1 Å². The zero-order valence-electron chi connectivity index (χ0n) is 12.9. The number of halogens is 2. The highest BCUT2D eigenvalue weighted by Gasteiger charge is 2.50. The van der Waals surface area contributed by atoms with Gasteiger partial charge in [-0.1, -0.05) is 12.1 Å². The summed E-state index contributed by atoms with van der Waals surface area (Å²) in [4.78, 5) is 22.4. The molecule has 0 bridgehead atoms. The Bertz CT molecular complexity index is 816. The van der Waals surface area contributed by atoms with Crippen LogP contribution in [0.25, 0.3) is 11.4 Å². The van der Waals surface area contributed by atoms with Crippen molar-refractivity contribution in [2.24, 2.45) is 5.92 Å². The summed E-state index contributed by atoms with van der Waals surface area (Å²) in [6.07, 6.45) is 0.930. The maximum Gasteiger partial charge on any atom is 0.249 e. The van der Waals surface area contributed by atoms with Crippen molar-refractivity contribution in [3.05, 3.63) is 41.6 Å². The lowest BCUT2D eigenvalue weighted by atomic mass is 9.80. The number of anilines is 1. The number of aromatic nitrogens is 2. The number of hydrogen-bond acceptors (Lipinski definition) is 4. The zero-order chi connectivity index (χ0) is 16.9. The van der Waals surface area contributed by atoms with E-state index < -0.39 is 11.8 Å². The monoisotopic (exact) mass is 330 g/mol. The lowest BCUT2D eigenvalue weighted by Gasteiger charge is -2.36. The summed E-state index contributed by atoms with van der Waals surface area (Å²) in [7, 11) is 0. The number of nitrogens with two attached hydrogens (primary N) is 1. The second-order valence-electron chi connectivity index (χ2n) is 6.44. The van der Waals surface area contributed by atoms with E-state index in [1.807, 2.05) is 18.2 Å². The minimum Gasteiger partial charge on any atom is -0.384 e. The number of rotatable bonds is 2. The molecule has 124 valence electrons. The first-order valence-electron chi connectivity index (χ1n) is 7.79. The van der Waals surface area contributed by atoms with Crippen molar-refractivity contribution in [1.82, 2.24) is 14.9 Å². The Morgan fingerprint density at radius 2 is 1.96 bits per heavy atom. The number of amides is 1. The van der Waals surface area contributed by atoms with Gasteiger partial charge in [-0.15, -0.1) is 0 Å². The molecular formula is C17H16F2N4O. The highest BCUT2D eigenvalue weighted by atomic mass is 19.3. The van der Waals surface area contributed by atoms with Crippen LogP contribution in [0.4, 0.5) is 14.6 Å². The van der Waals surface area contributed by atoms with Crippen LogP contribution in [0.2, 0.25) is 0 Å². The van der Waals surface area contributed by atoms with Crippen molar-refractivity contribution in [1.29, 1.82) is 0 Å². The minimum absolute atomic E-state index is 0.182. The van der Waals surface area contributed by atoms with Crippen LogP contribution in [0.3, 0.4) is 0 Å².